The van der Waals surface area contributed by atoms with E-state index in [4.69, 9.17) is 17.0 Å². The summed E-state index contributed by atoms with van der Waals surface area (Å²) in [4.78, 5) is 24.3. The molecule has 2 aromatic rings. The van der Waals surface area contributed by atoms with E-state index >= 15 is 0 Å². The van der Waals surface area contributed by atoms with Crippen LogP contribution in [-0.4, -0.2) is 28.0 Å². The lowest BCUT2D eigenvalue weighted by Crippen LogP contribution is -2.57. The van der Waals surface area contributed by atoms with Gasteiger partial charge in [0.05, 0.1) is 0 Å². The number of halogens is 2. The molecule has 0 radical (unpaired) electrons. The van der Waals surface area contributed by atoms with Gasteiger partial charge in [-0.2, -0.15) is 0 Å². The van der Waals surface area contributed by atoms with Gasteiger partial charge in [-0.05, 0) is 49.3 Å². The smallest absolute Gasteiger partial charge is 0.413 e. The molecule has 2 rings (SSSR count). The number of nitrogens with one attached hydrogen (secondary N) is 2. The summed E-state index contributed by atoms with van der Waals surface area (Å²) in [6.45, 7) is 2.56. The SMILES string of the molecule is CC(C)(F)C[C@](NC(=S)NC(=O)OCc1ccccc1)(C(=O)O)c1ccc(Br)cc1. The number of rotatable bonds is 7. The van der Waals surface area contributed by atoms with E-state index in [2.05, 4.69) is 26.6 Å². The number of carboxylic acid groups (broad SMARTS) is 1. The minimum atomic E-state index is -1.90. The molecule has 0 aliphatic heterocycles. The van der Waals surface area contributed by atoms with Gasteiger partial charge in [-0.1, -0.05) is 58.4 Å². The maximum atomic E-state index is 14.6. The molecule has 3 N–H and O–H groups in total. The van der Waals surface area contributed by atoms with Crippen LogP contribution in [-0.2, 0) is 21.7 Å². The number of hydrogen-bond acceptors (Lipinski definition) is 4. The molecule has 0 bridgehead atoms. The number of carbonyl (C=O) groups excluding carboxylic acids is 1. The highest BCUT2D eigenvalue weighted by Crippen LogP contribution is 2.34. The molecule has 0 spiro atoms. The summed E-state index contributed by atoms with van der Waals surface area (Å²) in [5.41, 5.74) is -2.68. The van der Waals surface area contributed by atoms with Crippen LogP contribution in [0, 0.1) is 0 Å². The number of alkyl halides is 1. The van der Waals surface area contributed by atoms with Gasteiger partial charge in [-0.3, -0.25) is 5.32 Å². The molecule has 0 aliphatic carbocycles. The first-order valence-corrected chi connectivity index (χ1v) is 10.2. The first-order valence-electron chi connectivity index (χ1n) is 9.00. The summed E-state index contributed by atoms with van der Waals surface area (Å²) in [7, 11) is 0. The number of benzene rings is 2. The lowest BCUT2D eigenvalue weighted by Gasteiger charge is -2.35. The van der Waals surface area contributed by atoms with Gasteiger partial charge in [0.2, 0.25) is 0 Å². The standard InChI is InChI=1S/C21H22BrFN2O4S/c1-20(2,23)13-21(17(26)27,15-8-10-16(22)11-9-15)25-18(30)24-19(28)29-12-14-6-4-3-5-7-14/h3-11H,12-13H2,1-2H3,(H,26,27)(H2,24,25,28,30)/t21-/m1/s1. The maximum absolute atomic E-state index is 14.6. The number of hydrogen-bond donors (Lipinski definition) is 3. The lowest BCUT2D eigenvalue weighted by molar-refractivity contribution is -0.146. The third kappa shape index (κ3) is 6.77. The van der Waals surface area contributed by atoms with Gasteiger partial charge in [-0.25, -0.2) is 14.0 Å². The van der Waals surface area contributed by atoms with E-state index in [9.17, 15) is 19.1 Å². The average Bonchev–Trinajstić information content (AvgIpc) is 2.66. The van der Waals surface area contributed by atoms with Crippen molar-refractivity contribution < 1.29 is 23.8 Å². The van der Waals surface area contributed by atoms with E-state index < -0.39 is 29.7 Å². The van der Waals surface area contributed by atoms with Crippen LogP contribution in [0.1, 0.15) is 31.4 Å². The molecule has 30 heavy (non-hydrogen) atoms. The topological polar surface area (TPSA) is 87.7 Å². The van der Waals surface area contributed by atoms with Crippen LogP contribution < -0.4 is 10.6 Å². The third-order valence-electron chi connectivity index (χ3n) is 4.14. The van der Waals surface area contributed by atoms with Crippen LogP contribution in [0.2, 0.25) is 0 Å². The molecule has 0 fully saturated rings. The first-order chi connectivity index (χ1) is 14.0. The van der Waals surface area contributed by atoms with Crippen LogP contribution in [0.25, 0.3) is 0 Å². The van der Waals surface area contributed by atoms with E-state index in [-0.39, 0.29) is 17.3 Å². The Balaban J connectivity index is 2.17. The normalized spacial score (nSPS) is 13.1. The molecular formula is C21H22BrFN2O4S. The van der Waals surface area contributed by atoms with Crippen LogP contribution in [0.3, 0.4) is 0 Å². The molecule has 0 unspecified atom stereocenters. The number of thiocarbonyl (C=S) groups is 1. The second-order valence-electron chi connectivity index (χ2n) is 7.25. The predicted molar refractivity (Wildman–Crippen MR) is 119 cm³/mol. The number of carboxylic acids is 1. The largest absolute Gasteiger partial charge is 0.479 e. The van der Waals surface area contributed by atoms with Gasteiger partial charge in [0.15, 0.2) is 10.7 Å². The monoisotopic (exact) mass is 496 g/mol. The summed E-state index contributed by atoms with van der Waals surface area (Å²) in [6.07, 6.45) is -1.29. The van der Waals surface area contributed by atoms with Crippen LogP contribution in [0.5, 0.6) is 0 Å². The number of aliphatic carboxylic acids is 1. The summed E-state index contributed by atoms with van der Waals surface area (Å²) < 4.78 is 20.4. The molecule has 0 heterocycles. The second kappa shape index (κ2) is 9.99. The van der Waals surface area contributed by atoms with Crippen molar-refractivity contribution in [1.29, 1.82) is 0 Å². The fraction of sp³-hybridized carbons (Fsp3) is 0.286. The predicted octanol–water partition coefficient (Wildman–Crippen LogP) is 4.67. The molecular weight excluding hydrogens is 475 g/mol. The van der Waals surface area contributed by atoms with E-state index in [0.717, 1.165) is 10.0 Å². The summed E-state index contributed by atoms with van der Waals surface area (Å²) in [6, 6.07) is 15.4. The molecule has 0 saturated heterocycles. The van der Waals surface area contributed by atoms with Crippen molar-refractivity contribution in [3.63, 3.8) is 0 Å². The Morgan fingerprint density at radius 2 is 1.73 bits per heavy atom. The zero-order valence-electron chi connectivity index (χ0n) is 16.4. The van der Waals surface area contributed by atoms with Gasteiger partial charge in [0.25, 0.3) is 0 Å². The second-order valence-corrected chi connectivity index (χ2v) is 8.58. The number of ether oxygens (including phenoxy) is 1. The fourth-order valence-corrected chi connectivity index (χ4v) is 3.43. The zero-order chi connectivity index (χ0) is 22.4. The highest BCUT2D eigenvalue weighted by Gasteiger charge is 2.46. The Morgan fingerprint density at radius 3 is 2.27 bits per heavy atom. The van der Waals surface area contributed by atoms with Gasteiger partial charge in [0, 0.05) is 10.9 Å². The van der Waals surface area contributed by atoms with Crippen molar-refractivity contribution in [3.8, 4) is 0 Å². The van der Waals surface area contributed by atoms with Crippen molar-refractivity contribution in [2.24, 2.45) is 0 Å². The molecule has 1 atom stereocenters. The number of carbonyl (C=O) groups is 2. The molecule has 9 heteroatoms. The Morgan fingerprint density at radius 1 is 1.13 bits per heavy atom. The molecule has 0 saturated carbocycles. The Bertz CT molecular complexity index is 903. The molecule has 0 aliphatic rings. The number of alkyl carbamates (subject to hydrolysis) is 1. The molecule has 1 amide bonds. The Hall–Kier alpha value is -2.52. The quantitative estimate of drug-likeness (QED) is 0.482. The van der Waals surface area contributed by atoms with E-state index in [1.54, 1.807) is 48.5 Å². The van der Waals surface area contributed by atoms with Gasteiger partial charge >= 0.3 is 12.1 Å². The molecule has 2 aromatic carbocycles. The van der Waals surface area contributed by atoms with Gasteiger partial charge in [-0.15, -0.1) is 0 Å². The van der Waals surface area contributed by atoms with E-state index in [1.165, 1.54) is 13.8 Å². The first kappa shape index (κ1) is 23.8. The minimum absolute atomic E-state index is 0.0174. The Kier molecular flexibility index (Phi) is 7.91. The fourth-order valence-electron chi connectivity index (χ4n) is 2.91. The molecule has 6 nitrogen and oxygen atoms in total. The summed E-state index contributed by atoms with van der Waals surface area (Å²) in [5.74, 6) is -1.34. The van der Waals surface area contributed by atoms with Gasteiger partial charge < -0.3 is 15.2 Å². The third-order valence-corrected chi connectivity index (χ3v) is 4.88. The van der Waals surface area contributed by atoms with Crippen molar-refractivity contribution >= 4 is 45.3 Å². The Labute approximate surface area is 187 Å². The van der Waals surface area contributed by atoms with Gasteiger partial charge in [0.1, 0.15) is 12.3 Å². The lowest BCUT2D eigenvalue weighted by atomic mass is 9.81. The minimum Gasteiger partial charge on any atom is -0.479 e. The highest BCUT2D eigenvalue weighted by atomic mass is 79.9. The zero-order valence-corrected chi connectivity index (χ0v) is 18.8. The van der Waals surface area contributed by atoms with Crippen molar-refractivity contribution in [2.45, 2.75) is 38.1 Å². The van der Waals surface area contributed by atoms with E-state index in [0.29, 0.717) is 0 Å². The van der Waals surface area contributed by atoms with Crippen LogP contribution >= 0.6 is 28.1 Å². The number of amides is 1. The van der Waals surface area contributed by atoms with Crippen LogP contribution in [0.15, 0.2) is 59.1 Å². The van der Waals surface area contributed by atoms with Crippen LogP contribution in [0.4, 0.5) is 9.18 Å². The summed E-state index contributed by atoms with van der Waals surface area (Å²) in [5, 5.41) is 14.6. The van der Waals surface area contributed by atoms with Crippen molar-refractivity contribution in [2.75, 3.05) is 0 Å². The highest BCUT2D eigenvalue weighted by molar-refractivity contribution is 9.10. The summed E-state index contributed by atoms with van der Waals surface area (Å²) >= 11 is 8.41. The average molecular weight is 497 g/mol. The van der Waals surface area contributed by atoms with Crippen molar-refractivity contribution in [3.05, 3.63) is 70.2 Å². The van der Waals surface area contributed by atoms with E-state index in [1.807, 2.05) is 6.07 Å². The van der Waals surface area contributed by atoms with Crippen molar-refractivity contribution in [1.82, 2.24) is 10.6 Å². The molecule has 0 aromatic heterocycles. The maximum Gasteiger partial charge on any atom is 0.413 e. The molecule has 160 valence electrons.